The average Bonchev–Trinajstić information content (AvgIpc) is 2.45. The van der Waals surface area contributed by atoms with Gasteiger partial charge in [0.2, 0.25) is 6.33 Å². The van der Waals surface area contributed by atoms with Crippen molar-refractivity contribution in [3.05, 3.63) is 12.7 Å². The first-order valence-corrected chi connectivity index (χ1v) is 3.42. The molecule has 1 aromatic heterocycles. The molecule has 0 saturated heterocycles. The van der Waals surface area contributed by atoms with Gasteiger partial charge in [-0.3, -0.25) is 5.84 Å². The molecule has 1 heterocycles. The molecule has 0 amide bonds. The van der Waals surface area contributed by atoms with Crippen molar-refractivity contribution in [2.24, 2.45) is 0 Å². The Kier molecular flexibility index (Phi) is 0.859. The lowest BCUT2D eigenvalue weighted by Gasteiger charge is -1.96. The van der Waals surface area contributed by atoms with Crippen LogP contribution in [0.2, 0.25) is 0 Å². The first-order valence-electron chi connectivity index (χ1n) is 3.42. The van der Waals surface area contributed by atoms with Crippen molar-refractivity contribution in [2.75, 3.05) is 5.84 Å². The van der Waals surface area contributed by atoms with Crippen molar-refractivity contribution in [3.63, 3.8) is 0 Å². The second-order valence-electron chi connectivity index (χ2n) is 3.14. The Morgan fingerprint density at radius 3 is 2.80 bits per heavy atom. The Balaban J connectivity index is 2.34. The zero-order valence-corrected chi connectivity index (χ0v) is 5.99. The lowest BCUT2D eigenvalue weighted by Crippen LogP contribution is -2.42. The molecule has 4 nitrogen and oxygen atoms in total. The third-order valence-electron chi connectivity index (χ3n) is 2.08. The van der Waals surface area contributed by atoms with Crippen LogP contribution < -0.4 is 10.5 Å². The van der Waals surface area contributed by atoms with E-state index in [0.29, 0.717) is 0 Å². The minimum absolute atomic E-state index is 0.268. The number of rotatable bonds is 1. The summed E-state index contributed by atoms with van der Waals surface area (Å²) in [5, 5.41) is 4.10. The van der Waals surface area contributed by atoms with Crippen LogP contribution in [-0.2, 0) is 5.54 Å². The molecular formula is C6H11N4+. The maximum atomic E-state index is 5.44. The Hall–Kier alpha value is -1.06. The molecule has 0 aliphatic heterocycles. The predicted molar refractivity (Wildman–Crippen MR) is 35.5 cm³/mol. The summed E-state index contributed by atoms with van der Waals surface area (Å²) < 4.78 is 3.40. The first-order chi connectivity index (χ1) is 4.71. The fraction of sp³-hybridized carbons (Fsp3) is 0.667. The number of hydrogen-bond acceptors (Lipinski definition) is 2. The highest BCUT2D eigenvalue weighted by molar-refractivity contribution is 4.93. The smallest absolute Gasteiger partial charge is 0.286 e. The van der Waals surface area contributed by atoms with Crippen LogP contribution in [0.5, 0.6) is 0 Å². The highest BCUT2D eigenvalue weighted by Crippen LogP contribution is 2.41. The number of nitrogens with two attached hydrogens (primary N) is 1. The molecule has 0 unspecified atom stereocenters. The van der Waals surface area contributed by atoms with E-state index in [1.807, 2.05) is 11.0 Å². The molecule has 2 rings (SSSR count). The van der Waals surface area contributed by atoms with E-state index < -0.39 is 0 Å². The van der Waals surface area contributed by atoms with Crippen LogP contribution in [-0.4, -0.2) is 9.78 Å². The molecule has 1 aromatic rings. The first kappa shape index (κ1) is 5.70. The van der Waals surface area contributed by atoms with Crippen LogP contribution in [0.15, 0.2) is 12.7 Å². The number of hydrogen-bond donors (Lipinski definition) is 1. The minimum Gasteiger partial charge on any atom is -0.289 e. The molecule has 0 bridgehead atoms. The number of aromatic nitrogens is 3. The van der Waals surface area contributed by atoms with Crippen LogP contribution in [0.4, 0.5) is 0 Å². The molecule has 2 N–H and O–H groups in total. The zero-order valence-electron chi connectivity index (χ0n) is 5.99. The molecule has 0 aromatic carbocycles. The fourth-order valence-corrected chi connectivity index (χ4v) is 0.990. The topological polar surface area (TPSA) is 47.7 Å². The molecule has 0 atom stereocenters. The fourth-order valence-electron chi connectivity index (χ4n) is 0.990. The van der Waals surface area contributed by atoms with Gasteiger partial charge < -0.3 is 0 Å². The number of nitrogen functional groups attached to an aromatic ring is 1. The van der Waals surface area contributed by atoms with Crippen LogP contribution in [0, 0.1) is 0 Å². The largest absolute Gasteiger partial charge is 0.289 e. The van der Waals surface area contributed by atoms with Crippen molar-refractivity contribution >= 4 is 0 Å². The van der Waals surface area contributed by atoms with E-state index in [4.69, 9.17) is 5.84 Å². The van der Waals surface area contributed by atoms with Gasteiger partial charge in [-0.1, -0.05) is 0 Å². The summed E-state index contributed by atoms with van der Waals surface area (Å²) >= 11 is 0. The summed E-state index contributed by atoms with van der Waals surface area (Å²) in [5.74, 6) is 5.44. The summed E-state index contributed by atoms with van der Waals surface area (Å²) in [6.07, 6.45) is 5.86. The normalized spacial score (nSPS) is 20.9. The van der Waals surface area contributed by atoms with Crippen molar-refractivity contribution in [1.29, 1.82) is 0 Å². The summed E-state index contributed by atoms with van der Waals surface area (Å²) in [5.41, 5.74) is 0.268. The lowest BCUT2D eigenvalue weighted by molar-refractivity contribution is -0.639. The van der Waals surface area contributed by atoms with Gasteiger partial charge in [-0.2, -0.15) is 0 Å². The Labute approximate surface area is 59.2 Å². The SMILES string of the molecule is CC1(n2c[n+](N)cn2)CC1. The summed E-state index contributed by atoms with van der Waals surface area (Å²) in [6.45, 7) is 2.18. The van der Waals surface area contributed by atoms with E-state index in [2.05, 4.69) is 12.0 Å². The van der Waals surface area contributed by atoms with Crippen molar-refractivity contribution < 1.29 is 4.68 Å². The monoisotopic (exact) mass is 139 g/mol. The van der Waals surface area contributed by atoms with E-state index in [1.165, 1.54) is 17.5 Å². The highest BCUT2D eigenvalue weighted by Gasteiger charge is 2.45. The maximum absolute atomic E-state index is 5.44. The zero-order chi connectivity index (χ0) is 7.19. The van der Waals surface area contributed by atoms with Crippen molar-refractivity contribution in [2.45, 2.75) is 25.3 Å². The molecular weight excluding hydrogens is 128 g/mol. The van der Waals surface area contributed by atoms with Gasteiger partial charge in [0.15, 0.2) is 0 Å². The molecule has 54 valence electrons. The van der Waals surface area contributed by atoms with E-state index in [0.717, 1.165) is 0 Å². The van der Waals surface area contributed by atoms with Gasteiger partial charge in [0.05, 0.1) is 0 Å². The van der Waals surface area contributed by atoms with E-state index >= 15 is 0 Å². The lowest BCUT2D eigenvalue weighted by atomic mass is 10.3. The van der Waals surface area contributed by atoms with Crippen LogP contribution >= 0.6 is 0 Å². The second kappa shape index (κ2) is 1.51. The molecule has 1 saturated carbocycles. The van der Waals surface area contributed by atoms with Gasteiger partial charge in [-0.25, -0.2) is 0 Å². The third-order valence-corrected chi connectivity index (χ3v) is 2.08. The summed E-state index contributed by atoms with van der Waals surface area (Å²) in [4.78, 5) is 0. The van der Waals surface area contributed by atoms with Gasteiger partial charge in [-0.05, 0) is 19.8 Å². The Morgan fingerprint density at radius 1 is 1.70 bits per heavy atom. The van der Waals surface area contributed by atoms with Crippen LogP contribution in [0.3, 0.4) is 0 Å². The molecule has 0 spiro atoms. The van der Waals surface area contributed by atoms with Gasteiger partial charge in [0.25, 0.3) is 6.33 Å². The van der Waals surface area contributed by atoms with Gasteiger partial charge in [0.1, 0.15) is 5.54 Å². The maximum Gasteiger partial charge on any atom is 0.286 e. The Bertz CT molecular complexity index is 248. The Morgan fingerprint density at radius 2 is 2.40 bits per heavy atom. The molecule has 1 aliphatic carbocycles. The quantitative estimate of drug-likeness (QED) is 0.417. The van der Waals surface area contributed by atoms with E-state index in [9.17, 15) is 0 Å². The van der Waals surface area contributed by atoms with Crippen molar-refractivity contribution in [3.8, 4) is 0 Å². The molecule has 10 heavy (non-hydrogen) atoms. The van der Waals surface area contributed by atoms with Gasteiger partial charge in [-0.15, -0.1) is 9.36 Å². The molecule has 1 fully saturated rings. The van der Waals surface area contributed by atoms with Crippen molar-refractivity contribution in [1.82, 2.24) is 9.78 Å². The molecule has 0 radical (unpaired) electrons. The highest BCUT2D eigenvalue weighted by atomic mass is 15.5. The standard InChI is InChI=1S/C6H11N4/c1-6(2-3-6)10-5-9(7)4-8-10/h4-5H,2-3,7H2,1H3/q+1. The molecule has 1 aliphatic rings. The minimum atomic E-state index is 0.268. The third kappa shape index (κ3) is 0.683. The summed E-state index contributed by atoms with van der Waals surface area (Å²) in [7, 11) is 0. The second-order valence-corrected chi connectivity index (χ2v) is 3.14. The van der Waals surface area contributed by atoms with Gasteiger partial charge in [0, 0.05) is 5.10 Å². The van der Waals surface area contributed by atoms with E-state index in [1.54, 1.807) is 6.33 Å². The predicted octanol–water partition coefficient (Wildman–Crippen LogP) is -0.607. The average molecular weight is 139 g/mol. The molecule has 4 heteroatoms. The van der Waals surface area contributed by atoms with Crippen LogP contribution in [0.25, 0.3) is 0 Å². The summed E-state index contributed by atoms with van der Waals surface area (Å²) in [6, 6.07) is 0. The number of nitrogens with zero attached hydrogens (tertiary/aromatic N) is 3. The van der Waals surface area contributed by atoms with Gasteiger partial charge >= 0.3 is 0 Å². The van der Waals surface area contributed by atoms with E-state index in [-0.39, 0.29) is 5.54 Å². The van der Waals surface area contributed by atoms with Crippen LogP contribution in [0.1, 0.15) is 19.8 Å².